The molecule has 1 aromatic heterocycles. The number of hydrogen-bond donors (Lipinski definition) is 4. The van der Waals surface area contributed by atoms with Crippen LogP contribution in [0.3, 0.4) is 0 Å². The lowest BCUT2D eigenvalue weighted by Crippen LogP contribution is -2.08. The van der Waals surface area contributed by atoms with E-state index in [0.717, 1.165) is 36.9 Å². The predicted molar refractivity (Wildman–Crippen MR) is 82.8 cm³/mol. The number of aryl methyl sites for hydroxylation is 1. The van der Waals surface area contributed by atoms with Crippen molar-refractivity contribution in [3.63, 3.8) is 0 Å². The molecule has 0 aliphatic carbocycles. The molecule has 6 nitrogen and oxygen atoms in total. The van der Waals surface area contributed by atoms with Crippen LogP contribution in [0.5, 0.6) is 0 Å². The zero-order valence-corrected chi connectivity index (χ0v) is 11.3. The van der Waals surface area contributed by atoms with Crippen molar-refractivity contribution < 1.29 is 0 Å². The van der Waals surface area contributed by atoms with E-state index in [4.69, 9.17) is 22.9 Å². The van der Waals surface area contributed by atoms with E-state index in [1.54, 1.807) is 0 Å². The van der Waals surface area contributed by atoms with Crippen LogP contribution in [0.15, 0.2) is 24.3 Å². The fraction of sp³-hybridized carbons (Fsp3) is 0.286. The first-order valence-corrected chi connectivity index (χ1v) is 6.58. The molecule has 20 heavy (non-hydrogen) atoms. The van der Waals surface area contributed by atoms with Crippen molar-refractivity contribution in [1.29, 1.82) is 0 Å². The third-order valence-electron chi connectivity index (χ3n) is 3.21. The van der Waals surface area contributed by atoms with Gasteiger partial charge < -0.3 is 22.9 Å². The third-order valence-corrected chi connectivity index (χ3v) is 3.21. The van der Waals surface area contributed by atoms with Crippen LogP contribution in [0.2, 0.25) is 0 Å². The Hall–Kier alpha value is -2.50. The standard InChI is InChI=1S/C14H20N6/c15-10-7-5-9(6-8-10)3-1-2-4-11-12(16)19-14(18)20-13(11)17/h5-8H,1-4,15H2,(H6,16,17,18,19,20). The number of anilines is 4. The van der Waals surface area contributed by atoms with Gasteiger partial charge in [0.1, 0.15) is 11.6 Å². The maximum Gasteiger partial charge on any atom is 0.223 e. The molecule has 6 heteroatoms. The van der Waals surface area contributed by atoms with E-state index in [1.165, 1.54) is 5.56 Å². The van der Waals surface area contributed by atoms with Gasteiger partial charge in [0.2, 0.25) is 5.95 Å². The van der Waals surface area contributed by atoms with Crippen LogP contribution in [-0.2, 0) is 12.8 Å². The largest absolute Gasteiger partial charge is 0.399 e. The van der Waals surface area contributed by atoms with E-state index in [0.29, 0.717) is 11.6 Å². The summed E-state index contributed by atoms with van der Waals surface area (Å²) in [6.07, 6.45) is 3.75. The Morgan fingerprint density at radius 1 is 0.750 bits per heavy atom. The molecule has 0 spiro atoms. The fourth-order valence-electron chi connectivity index (χ4n) is 2.11. The smallest absolute Gasteiger partial charge is 0.223 e. The van der Waals surface area contributed by atoms with Crippen molar-refractivity contribution in [2.24, 2.45) is 0 Å². The minimum absolute atomic E-state index is 0.116. The van der Waals surface area contributed by atoms with Gasteiger partial charge in [0.15, 0.2) is 0 Å². The van der Waals surface area contributed by atoms with Crippen molar-refractivity contribution in [3.8, 4) is 0 Å². The molecule has 1 heterocycles. The SMILES string of the molecule is Nc1ccc(CCCCc2c(N)nc(N)nc2N)cc1. The molecule has 106 valence electrons. The Balaban J connectivity index is 1.86. The molecule has 0 unspecified atom stereocenters. The number of nitrogen functional groups attached to an aromatic ring is 4. The molecular formula is C14H20N6. The second kappa shape index (κ2) is 6.10. The van der Waals surface area contributed by atoms with Gasteiger partial charge in [0.25, 0.3) is 0 Å². The van der Waals surface area contributed by atoms with E-state index in [2.05, 4.69) is 9.97 Å². The normalized spacial score (nSPS) is 10.6. The fourth-order valence-corrected chi connectivity index (χ4v) is 2.11. The molecule has 0 saturated carbocycles. The zero-order valence-electron chi connectivity index (χ0n) is 11.3. The first-order chi connectivity index (χ1) is 9.56. The van der Waals surface area contributed by atoms with Crippen LogP contribution in [0, 0.1) is 0 Å². The topological polar surface area (TPSA) is 130 Å². The van der Waals surface area contributed by atoms with Gasteiger partial charge in [0, 0.05) is 11.3 Å². The number of hydrogen-bond acceptors (Lipinski definition) is 6. The average molecular weight is 272 g/mol. The van der Waals surface area contributed by atoms with E-state index >= 15 is 0 Å². The molecule has 0 fully saturated rings. The highest BCUT2D eigenvalue weighted by molar-refractivity contribution is 5.55. The number of nitrogens with zero attached hydrogens (tertiary/aromatic N) is 2. The summed E-state index contributed by atoms with van der Waals surface area (Å²) in [5, 5.41) is 0. The van der Waals surface area contributed by atoms with Crippen molar-refractivity contribution in [2.45, 2.75) is 25.7 Å². The molecule has 1 aromatic carbocycles. The average Bonchev–Trinajstić information content (AvgIpc) is 2.39. The lowest BCUT2D eigenvalue weighted by Gasteiger charge is -2.08. The summed E-state index contributed by atoms with van der Waals surface area (Å²) in [7, 11) is 0. The highest BCUT2D eigenvalue weighted by Gasteiger charge is 2.08. The Morgan fingerprint density at radius 3 is 1.90 bits per heavy atom. The van der Waals surface area contributed by atoms with Crippen LogP contribution in [0.25, 0.3) is 0 Å². The summed E-state index contributed by atoms with van der Waals surface area (Å²) in [6.45, 7) is 0. The molecule has 2 rings (SSSR count). The molecule has 8 N–H and O–H groups in total. The highest BCUT2D eigenvalue weighted by atomic mass is 15.1. The van der Waals surface area contributed by atoms with Gasteiger partial charge in [-0.25, -0.2) is 0 Å². The van der Waals surface area contributed by atoms with E-state index < -0.39 is 0 Å². The molecule has 0 bridgehead atoms. The van der Waals surface area contributed by atoms with Crippen LogP contribution >= 0.6 is 0 Å². The van der Waals surface area contributed by atoms with Crippen molar-refractivity contribution in [1.82, 2.24) is 9.97 Å². The van der Waals surface area contributed by atoms with E-state index in [1.807, 2.05) is 24.3 Å². The summed E-state index contributed by atoms with van der Waals surface area (Å²) in [4.78, 5) is 7.86. The van der Waals surface area contributed by atoms with E-state index in [-0.39, 0.29) is 5.95 Å². The van der Waals surface area contributed by atoms with Crippen LogP contribution in [0.1, 0.15) is 24.0 Å². The second-order valence-corrected chi connectivity index (χ2v) is 4.78. The summed E-state index contributed by atoms with van der Waals surface area (Å²) in [5.41, 5.74) is 25.6. The highest BCUT2D eigenvalue weighted by Crippen LogP contribution is 2.19. The molecular weight excluding hydrogens is 252 g/mol. The maximum absolute atomic E-state index is 5.81. The first kappa shape index (κ1) is 13.9. The molecule has 0 saturated heterocycles. The molecule has 0 aliphatic heterocycles. The summed E-state index contributed by atoms with van der Waals surface area (Å²) < 4.78 is 0. The number of benzene rings is 1. The van der Waals surface area contributed by atoms with Crippen LogP contribution in [-0.4, -0.2) is 9.97 Å². The van der Waals surface area contributed by atoms with Crippen molar-refractivity contribution >= 4 is 23.3 Å². The summed E-state index contributed by atoms with van der Waals surface area (Å²) in [6, 6.07) is 7.92. The van der Waals surface area contributed by atoms with Gasteiger partial charge in [-0.3, -0.25) is 0 Å². The Kier molecular flexibility index (Phi) is 4.24. The van der Waals surface area contributed by atoms with Crippen molar-refractivity contribution in [3.05, 3.63) is 35.4 Å². The van der Waals surface area contributed by atoms with Gasteiger partial charge in [-0.1, -0.05) is 12.1 Å². The summed E-state index contributed by atoms with van der Waals surface area (Å²) in [5.74, 6) is 0.871. The van der Waals surface area contributed by atoms with Gasteiger partial charge in [-0.05, 0) is 43.4 Å². The zero-order chi connectivity index (χ0) is 14.5. The maximum atomic E-state index is 5.81. The minimum atomic E-state index is 0.116. The van der Waals surface area contributed by atoms with Crippen molar-refractivity contribution in [2.75, 3.05) is 22.9 Å². The Morgan fingerprint density at radius 2 is 1.30 bits per heavy atom. The van der Waals surface area contributed by atoms with E-state index in [9.17, 15) is 0 Å². The quantitative estimate of drug-likeness (QED) is 0.480. The summed E-state index contributed by atoms with van der Waals surface area (Å²) >= 11 is 0. The Bertz CT molecular complexity index is 556. The van der Waals surface area contributed by atoms with Gasteiger partial charge >= 0.3 is 0 Å². The second-order valence-electron chi connectivity index (χ2n) is 4.78. The molecule has 0 radical (unpaired) electrons. The van der Waals surface area contributed by atoms with Crippen LogP contribution in [0.4, 0.5) is 23.3 Å². The first-order valence-electron chi connectivity index (χ1n) is 6.58. The van der Waals surface area contributed by atoms with Gasteiger partial charge in [0.05, 0.1) is 0 Å². The molecule has 0 atom stereocenters. The number of nitrogens with two attached hydrogens (primary N) is 4. The minimum Gasteiger partial charge on any atom is -0.399 e. The number of aromatic nitrogens is 2. The monoisotopic (exact) mass is 272 g/mol. The van der Waals surface area contributed by atoms with Gasteiger partial charge in [-0.2, -0.15) is 9.97 Å². The van der Waals surface area contributed by atoms with Crippen LogP contribution < -0.4 is 22.9 Å². The number of unbranched alkanes of at least 4 members (excludes halogenated alkanes) is 1. The molecule has 0 amide bonds. The lowest BCUT2D eigenvalue weighted by atomic mass is 10.0. The van der Waals surface area contributed by atoms with Gasteiger partial charge in [-0.15, -0.1) is 0 Å². The molecule has 0 aliphatic rings. The third kappa shape index (κ3) is 3.50. The number of rotatable bonds is 5. The Labute approximate surface area is 118 Å². The lowest BCUT2D eigenvalue weighted by molar-refractivity contribution is 0.733. The predicted octanol–water partition coefficient (Wildman–Crippen LogP) is 1.37. The molecule has 2 aromatic rings.